The zero-order valence-electron chi connectivity index (χ0n) is 9.43. The lowest BCUT2D eigenvalue weighted by molar-refractivity contribution is -0.140. The first kappa shape index (κ1) is 12.5. The van der Waals surface area contributed by atoms with Gasteiger partial charge in [0.2, 0.25) is 0 Å². The van der Waals surface area contributed by atoms with E-state index in [9.17, 15) is 4.79 Å². The molecular weight excluding hydrogens is 200 g/mol. The quantitative estimate of drug-likeness (QED) is 0.563. The number of rotatable bonds is 7. The first-order valence-corrected chi connectivity index (χ1v) is 5.63. The molecule has 16 heavy (non-hydrogen) atoms. The molecule has 1 aromatic rings. The first-order chi connectivity index (χ1) is 7.74. The Morgan fingerprint density at radius 2 is 2.00 bits per heavy atom. The summed E-state index contributed by atoms with van der Waals surface area (Å²) in [5.74, 6) is -1.16. The summed E-state index contributed by atoms with van der Waals surface area (Å²) in [5, 5.41) is 8.82. The minimum Gasteiger partial charge on any atom is -0.481 e. The predicted molar refractivity (Wildman–Crippen MR) is 65.3 cm³/mol. The molecule has 1 N–H and O–H groups in total. The Hall–Kier alpha value is -1.57. The Labute approximate surface area is 96.6 Å². The smallest absolute Gasteiger partial charge is 0.310 e. The van der Waals surface area contributed by atoms with Crippen LogP contribution in [0.5, 0.6) is 0 Å². The maximum Gasteiger partial charge on any atom is 0.310 e. The van der Waals surface area contributed by atoms with Crippen molar-refractivity contribution in [3.63, 3.8) is 0 Å². The Morgan fingerprint density at radius 3 is 2.56 bits per heavy atom. The summed E-state index contributed by atoms with van der Waals surface area (Å²) in [5.41, 5.74) is 1.31. The molecule has 0 radical (unpaired) electrons. The predicted octanol–water partition coefficient (Wildman–Crippen LogP) is 3.29. The van der Waals surface area contributed by atoms with Gasteiger partial charge in [-0.1, -0.05) is 42.8 Å². The monoisotopic (exact) mass is 218 g/mol. The molecular formula is C14H18O2. The number of carboxylic acid groups (broad SMARTS) is 1. The highest BCUT2D eigenvalue weighted by Gasteiger charge is 2.11. The van der Waals surface area contributed by atoms with E-state index in [-0.39, 0.29) is 0 Å². The molecule has 0 bridgehead atoms. The van der Waals surface area contributed by atoms with Gasteiger partial charge < -0.3 is 5.11 Å². The molecule has 1 unspecified atom stereocenters. The Kier molecular flexibility index (Phi) is 5.34. The van der Waals surface area contributed by atoms with Gasteiger partial charge in [-0.2, -0.15) is 0 Å². The molecule has 0 aromatic heterocycles. The average Bonchev–Trinajstić information content (AvgIpc) is 2.30. The molecule has 0 amide bonds. The second kappa shape index (κ2) is 6.83. The number of hydrogen-bond donors (Lipinski definition) is 1. The Balaban J connectivity index is 2.21. The van der Waals surface area contributed by atoms with Gasteiger partial charge >= 0.3 is 5.97 Å². The van der Waals surface area contributed by atoms with Crippen LogP contribution in [0.4, 0.5) is 0 Å². The van der Waals surface area contributed by atoms with Crippen molar-refractivity contribution in [1.29, 1.82) is 0 Å². The highest BCUT2D eigenvalue weighted by molar-refractivity contribution is 5.71. The van der Waals surface area contributed by atoms with Gasteiger partial charge in [0, 0.05) is 0 Å². The SMILES string of the molecule is C=CC(CCCCc1ccccc1)C(=O)O. The van der Waals surface area contributed by atoms with Gasteiger partial charge in [-0.25, -0.2) is 0 Å². The summed E-state index contributed by atoms with van der Waals surface area (Å²) < 4.78 is 0. The molecule has 86 valence electrons. The van der Waals surface area contributed by atoms with Gasteiger partial charge in [0.15, 0.2) is 0 Å². The lowest BCUT2D eigenvalue weighted by Crippen LogP contribution is -2.10. The van der Waals surface area contributed by atoms with Crippen LogP contribution < -0.4 is 0 Å². The van der Waals surface area contributed by atoms with E-state index in [0.717, 1.165) is 19.3 Å². The summed E-state index contributed by atoms with van der Waals surface area (Å²) in [7, 11) is 0. The van der Waals surface area contributed by atoms with Gasteiger partial charge in [-0.15, -0.1) is 6.58 Å². The maximum absolute atomic E-state index is 10.7. The lowest BCUT2D eigenvalue weighted by atomic mass is 10.00. The van der Waals surface area contributed by atoms with Crippen LogP contribution in [0.1, 0.15) is 24.8 Å². The molecule has 0 aliphatic carbocycles. The summed E-state index contributed by atoms with van der Waals surface area (Å²) in [6, 6.07) is 10.3. The minimum atomic E-state index is -0.769. The van der Waals surface area contributed by atoms with Crippen LogP contribution in [0.2, 0.25) is 0 Å². The van der Waals surface area contributed by atoms with Crippen molar-refractivity contribution >= 4 is 5.97 Å². The normalized spacial score (nSPS) is 12.0. The highest BCUT2D eigenvalue weighted by Crippen LogP contribution is 2.12. The summed E-state index contributed by atoms with van der Waals surface area (Å²) >= 11 is 0. The second-order valence-corrected chi connectivity index (χ2v) is 3.91. The van der Waals surface area contributed by atoms with Crippen LogP contribution in [-0.2, 0) is 11.2 Å². The second-order valence-electron chi connectivity index (χ2n) is 3.91. The Bertz CT molecular complexity index is 330. The number of hydrogen-bond acceptors (Lipinski definition) is 1. The largest absolute Gasteiger partial charge is 0.481 e. The molecule has 0 heterocycles. The van der Waals surface area contributed by atoms with Crippen LogP contribution in [0.3, 0.4) is 0 Å². The molecule has 0 spiro atoms. The van der Waals surface area contributed by atoms with E-state index < -0.39 is 11.9 Å². The third kappa shape index (κ3) is 4.30. The fourth-order valence-corrected chi connectivity index (χ4v) is 1.68. The van der Waals surface area contributed by atoms with Crippen molar-refractivity contribution in [3.8, 4) is 0 Å². The fourth-order valence-electron chi connectivity index (χ4n) is 1.68. The number of aryl methyl sites for hydroxylation is 1. The molecule has 0 saturated heterocycles. The van der Waals surface area contributed by atoms with Crippen LogP contribution >= 0.6 is 0 Å². The molecule has 2 nitrogen and oxygen atoms in total. The van der Waals surface area contributed by atoms with Gasteiger partial charge in [-0.05, 0) is 24.8 Å². The average molecular weight is 218 g/mol. The van der Waals surface area contributed by atoms with E-state index >= 15 is 0 Å². The topological polar surface area (TPSA) is 37.3 Å². The zero-order valence-corrected chi connectivity index (χ0v) is 9.43. The lowest BCUT2D eigenvalue weighted by Gasteiger charge is -2.06. The van der Waals surface area contributed by atoms with Crippen molar-refractivity contribution in [2.24, 2.45) is 5.92 Å². The Morgan fingerprint density at radius 1 is 1.31 bits per heavy atom. The van der Waals surface area contributed by atoms with Crippen molar-refractivity contribution in [1.82, 2.24) is 0 Å². The number of carboxylic acids is 1. The highest BCUT2D eigenvalue weighted by atomic mass is 16.4. The van der Waals surface area contributed by atoms with E-state index in [0.29, 0.717) is 6.42 Å². The number of unbranched alkanes of at least 4 members (excludes halogenated alkanes) is 1. The van der Waals surface area contributed by atoms with E-state index in [2.05, 4.69) is 18.7 Å². The van der Waals surface area contributed by atoms with Gasteiger partial charge in [0.1, 0.15) is 0 Å². The van der Waals surface area contributed by atoms with Crippen molar-refractivity contribution < 1.29 is 9.90 Å². The van der Waals surface area contributed by atoms with E-state index in [1.807, 2.05) is 18.2 Å². The molecule has 0 fully saturated rings. The van der Waals surface area contributed by atoms with Gasteiger partial charge in [0.05, 0.1) is 5.92 Å². The van der Waals surface area contributed by atoms with E-state index in [1.165, 1.54) is 11.6 Å². The molecule has 0 aliphatic heterocycles. The van der Waals surface area contributed by atoms with Crippen LogP contribution in [0.25, 0.3) is 0 Å². The summed E-state index contributed by atoms with van der Waals surface area (Å²) in [6.07, 6.45) is 5.18. The first-order valence-electron chi connectivity index (χ1n) is 5.63. The standard InChI is InChI=1S/C14H18O2/c1-2-13(14(15)16)11-7-6-10-12-8-4-3-5-9-12/h2-5,8-9,13H,1,6-7,10-11H2,(H,15,16). The fraction of sp³-hybridized carbons (Fsp3) is 0.357. The van der Waals surface area contributed by atoms with Gasteiger partial charge in [0.25, 0.3) is 0 Å². The zero-order chi connectivity index (χ0) is 11.8. The summed E-state index contributed by atoms with van der Waals surface area (Å²) in [6.45, 7) is 3.54. The molecule has 1 aromatic carbocycles. The molecule has 2 heteroatoms. The minimum absolute atomic E-state index is 0.393. The third-order valence-corrected chi connectivity index (χ3v) is 2.68. The molecule has 1 rings (SSSR count). The van der Waals surface area contributed by atoms with Crippen LogP contribution in [-0.4, -0.2) is 11.1 Å². The van der Waals surface area contributed by atoms with Crippen molar-refractivity contribution in [3.05, 3.63) is 48.6 Å². The van der Waals surface area contributed by atoms with E-state index in [1.54, 1.807) is 0 Å². The van der Waals surface area contributed by atoms with E-state index in [4.69, 9.17) is 5.11 Å². The number of carbonyl (C=O) groups is 1. The molecule has 1 atom stereocenters. The van der Waals surface area contributed by atoms with Gasteiger partial charge in [-0.3, -0.25) is 4.79 Å². The van der Waals surface area contributed by atoms with Crippen molar-refractivity contribution in [2.75, 3.05) is 0 Å². The van der Waals surface area contributed by atoms with Crippen LogP contribution in [0, 0.1) is 5.92 Å². The number of aliphatic carboxylic acids is 1. The maximum atomic E-state index is 10.7. The van der Waals surface area contributed by atoms with Crippen molar-refractivity contribution in [2.45, 2.75) is 25.7 Å². The number of benzene rings is 1. The van der Waals surface area contributed by atoms with Crippen LogP contribution in [0.15, 0.2) is 43.0 Å². The molecule has 0 aliphatic rings. The third-order valence-electron chi connectivity index (χ3n) is 2.68. The summed E-state index contributed by atoms with van der Waals surface area (Å²) in [4.78, 5) is 10.7. The molecule has 0 saturated carbocycles.